The zero-order valence-electron chi connectivity index (χ0n) is 14.1. The molecule has 23 heavy (non-hydrogen) atoms. The summed E-state index contributed by atoms with van der Waals surface area (Å²) in [5.41, 5.74) is 2.87. The number of benzene rings is 4. The smallest absolute Gasteiger partial charge is 0.0257 e. The molecule has 0 unspecified atom stereocenters. The average Bonchev–Trinajstić information content (AvgIpc) is 2.53. The van der Waals surface area contributed by atoms with Crippen molar-refractivity contribution in [1.29, 1.82) is 0 Å². The van der Waals surface area contributed by atoms with Crippen molar-refractivity contribution in [3.05, 3.63) is 58.1 Å². The summed E-state index contributed by atoms with van der Waals surface area (Å²) in [7, 11) is 0. The zero-order valence-corrected chi connectivity index (χ0v) is 15.7. The zero-order chi connectivity index (χ0) is 16.3. The van der Waals surface area contributed by atoms with Gasteiger partial charge < -0.3 is 0 Å². The first-order valence-corrected chi connectivity index (χ1v) is 9.18. The van der Waals surface area contributed by atoms with Gasteiger partial charge in [0.25, 0.3) is 0 Å². The minimum absolute atomic E-state index is 0.514. The Morgan fingerprint density at radius 3 is 1.91 bits per heavy atom. The fraction of sp³-hybridized carbons (Fsp3) is 0.273. The second-order valence-corrected chi connectivity index (χ2v) is 8.01. The molecule has 0 heterocycles. The van der Waals surface area contributed by atoms with Crippen molar-refractivity contribution in [1.82, 2.24) is 0 Å². The predicted octanol–water partition coefficient (Wildman–Crippen LogP) is 7.59. The van der Waals surface area contributed by atoms with Crippen LogP contribution in [0.25, 0.3) is 32.3 Å². The van der Waals surface area contributed by atoms with Crippen LogP contribution in [0.4, 0.5) is 0 Å². The van der Waals surface area contributed by atoms with Gasteiger partial charge in [0.1, 0.15) is 0 Å². The summed E-state index contributed by atoms with van der Waals surface area (Å²) in [6.45, 7) is 9.11. The van der Waals surface area contributed by atoms with Crippen LogP contribution in [-0.2, 0) is 0 Å². The van der Waals surface area contributed by atoms with Gasteiger partial charge in [0.05, 0.1) is 0 Å². The van der Waals surface area contributed by atoms with Crippen molar-refractivity contribution < 1.29 is 0 Å². The molecule has 0 bridgehead atoms. The minimum atomic E-state index is 0.514. The van der Waals surface area contributed by atoms with E-state index in [1.54, 1.807) is 0 Å². The van der Waals surface area contributed by atoms with Gasteiger partial charge in [-0.05, 0) is 61.3 Å². The van der Waals surface area contributed by atoms with Gasteiger partial charge >= 0.3 is 0 Å². The van der Waals surface area contributed by atoms with Crippen molar-refractivity contribution in [2.75, 3.05) is 0 Å². The van der Waals surface area contributed by atoms with E-state index >= 15 is 0 Å². The van der Waals surface area contributed by atoms with Crippen LogP contribution in [0, 0.1) is 0 Å². The van der Waals surface area contributed by atoms with Gasteiger partial charge in [-0.25, -0.2) is 0 Å². The van der Waals surface area contributed by atoms with Crippen LogP contribution in [0.1, 0.15) is 50.7 Å². The lowest BCUT2D eigenvalue weighted by Gasteiger charge is -2.19. The number of rotatable bonds is 2. The maximum atomic E-state index is 3.81. The first-order chi connectivity index (χ1) is 11.0. The summed E-state index contributed by atoms with van der Waals surface area (Å²) in [5, 5.41) is 8.31. The molecule has 0 atom stereocenters. The highest BCUT2D eigenvalue weighted by Gasteiger charge is 2.17. The fourth-order valence-corrected chi connectivity index (χ4v) is 4.46. The molecule has 0 nitrogen and oxygen atoms in total. The Morgan fingerprint density at radius 2 is 1.22 bits per heavy atom. The largest absolute Gasteiger partial charge is 0.0587 e. The molecule has 116 valence electrons. The first-order valence-electron chi connectivity index (χ1n) is 8.39. The van der Waals surface area contributed by atoms with E-state index in [9.17, 15) is 0 Å². The molecule has 4 aromatic carbocycles. The Hall–Kier alpha value is -1.60. The SMILES string of the molecule is CC(C)c1ccc2ccc3c(C(C)C)cc(Br)c4ccc1c2c43. The molecule has 1 heteroatoms. The van der Waals surface area contributed by atoms with E-state index in [4.69, 9.17) is 0 Å². The molecular weight excluding hydrogens is 344 g/mol. The molecule has 0 N–H and O–H groups in total. The Labute approximate surface area is 146 Å². The molecule has 0 fully saturated rings. The number of hydrogen-bond donors (Lipinski definition) is 0. The maximum Gasteiger partial charge on any atom is 0.0257 e. The molecule has 0 radical (unpaired) electrons. The lowest BCUT2D eigenvalue weighted by Crippen LogP contribution is -1.95. The van der Waals surface area contributed by atoms with E-state index in [0.717, 1.165) is 0 Å². The summed E-state index contributed by atoms with van der Waals surface area (Å²) in [6, 6.07) is 16.1. The van der Waals surface area contributed by atoms with E-state index in [0.29, 0.717) is 11.8 Å². The summed E-state index contributed by atoms with van der Waals surface area (Å²) in [6.07, 6.45) is 0. The third-order valence-electron chi connectivity index (χ3n) is 5.04. The first kappa shape index (κ1) is 15.0. The Balaban J connectivity index is 2.31. The van der Waals surface area contributed by atoms with Crippen molar-refractivity contribution in [3.8, 4) is 0 Å². The van der Waals surface area contributed by atoms with Gasteiger partial charge in [-0.15, -0.1) is 0 Å². The topological polar surface area (TPSA) is 0 Å². The average molecular weight is 365 g/mol. The standard InChI is InChI=1S/C22H21Br/c1-12(2)15-7-5-14-6-8-17-19(13(3)4)11-20(23)18-10-9-16(15)21(14)22(17)18/h5-13H,1-4H3. The number of halogens is 1. The summed E-state index contributed by atoms with van der Waals surface area (Å²) in [4.78, 5) is 0. The van der Waals surface area contributed by atoms with E-state index in [1.807, 2.05) is 0 Å². The Kier molecular flexibility index (Phi) is 3.39. The molecule has 0 aliphatic carbocycles. The molecule has 0 spiro atoms. The lowest BCUT2D eigenvalue weighted by atomic mass is 9.86. The van der Waals surface area contributed by atoms with Crippen LogP contribution in [0.15, 0.2) is 46.9 Å². The van der Waals surface area contributed by atoms with Gasteiger partial charge in [-0.1, -0.05) is 80.0 Å². The summed E-state index contributed by atoms with van der Waals surface area (Å²) >= 11 is 3.81. The lowest BCUT2D eigenvalue weighted by molar-refractivity contribution is 0.875. The van der Waals surface area contributed by atoms with E-state index < -0.39 is 0 Å². The van der Waals surface area contributed by atoms with Crippen LogP contribution in [0.2, 0.25) is 0 Å². The molecule has 0 aliphatic heterocycles. The van der Waals surface area contributed by atoms with E-state index in [2.05, 4.69) is 86.1 Å². The second kappa shape index (κ2) is 5.21. The second-order valence-electron chi connectivity index (χ2n) is 7.16. The molecule has 4 aromatic rings. The van der Waals surface area contributed by atoms with E-state index in [-0.39, 0.29) is 0 Å². The summed E-state index contributed by atoms with van der Waals surface area (Å²) < 4.78 is 1.21. The van der Waals surface area contributed by atoms with Gasteiger partial charge in [0, 0.05) is 4.47 Å². The monoisotopic (exact) mass is 364 g/mol. The minimum Gasteiger partial charge on any atom is -0.0587 e. The fourth-order valence-electron chi connectivity index (χ4n) is 3.88. The van der Waals surface area contributed by atoms with E-state index in [1.165, 1.54) is 47.9 Å². The molecule has 0 saturated heterocycles. The van der Waals surface area contributed by atoms with Crippen LogP contribution in [0.5, 0.6) is 0 Å². The molecule has 4 rings (SSSR count). The predicted molar refractivity (Wildman–Crippen MR) is 106 cm³/mol. The molecule has 0 aromatic heterocycles. The van der Waals surface area contributed by atoms with Crippen LogP contribution in [0.3, 0.4) is 0 Å². The normalized spacial score (nSPS) is 12.5. The van der Waals surface area contributed by atoms with Gasteiger partial charge in [0.15, 0.2) is 0 Å². The Bertz CT molecular complexity index is 1020. The van der Waals surface area contributed by atoms with Crippen LogP contribution in [-0.4, -0.2) is 0 Å². The summed E-state index contributed by atoms with van der Waals surface area (Å²) in [5.74, 6) is 1.05. The quantitative estimate of drug-likeness (QED) is 0.321. The van der Waals surface area contributed by atoms with Crippen LogP contribution >= 0.6 is 15.9 Å². The van der Waals surface area contributed by atoms with Gasteiger partial charge in [-0.2, -0.15) is 0 Å². The molecule has 0 saturated carbocycles. The third-order valence-corrected chi connectivity index (χ3v) is 5.70. The number of hydrogen-bond acceptors (Lipinski definition) is 0. The van der Waals surface area contributed by atoms with Crippen molar-refractivity contribution in [2.24, 2.45) is 0 Å². The van der Waals surface area contributed by atoms with Crippen molar-refractivity contribution in [2.45, 2.75) is 39.5 Å². The Morgan fingerprint density at radius 1 is 0.652 bits per heavy atom. The highest BCUT2D eigenvalue weighted by Crippen LogP contribution is 2.42. The van der Waals surface area contributed by atoms with Gasteiger partial charge in [0.2, 0.25) is 0 Å². The van der Waals surface area contributed by atoms with Gasteiger partial charge in [-0.3, -0.25) is 0 Å². The highest BCUT2D eigenvalue weighted by atomic mass is 79.9. The highest BCUT2D eigenvalue weighted by molar-refractivity contribution is 9.10. The van der Waals surface area contributed by atoms with Crippen molar-refractivity contribution in [3.63, 3.8) is 0 Å². The third kappa shape index (κ3) is 2.10. The van der Waals surface area contributed by atoms with Crippen molar-refractivity contribution >= 4 is 48.2 Å². The molecule has 0 aliphatic rings. The molecular formula is C22H21Br. The maximum absolute atomic E-state index is 3.81. The van der Waals surface area contributed by atoms with Crippen LogP contribution < -0.4 is 0 Å². The molecule has 0 amide bonds.